The van der Waals surface area contributed by atoms with Crippen molar-refractivity contribution in [2.45, 2.75) is 43.0 Å². The fourth-order valence-corrected chi connectivity index (χ4v) is 4.11. The molecule has 5 nitrogen and oxygen atoms in total. The monoisotopic (exact) mass is 408 g/mol. The molecule has 1 aromatic heterocycles. The predicted molar refractivity (Wildman–Crippen MR) is 99.9 cm³/mol. The molecule has 1 atom stereocenters. The first-order chi connectivity index (χ1) is 11.6. The number of hydrogen-bond donors (Lipinski definition) is 1. The smallest absolute Gasteiger partial charge is 0.235 e. The predicted octanol–water partition coefficient (Wildman–Crippen LogP) is 4.12. The number of likely N-dealkylation sites (tertiary alicyclic amines) is 1. The van der Waals surface area contributed by atoms with Gasteiger partial charge in [-0.3, -0.25) is 9.89 Å². The van der Waals surface area contributed by atoms with Gasteiger partial charge in [-0.2, -0.15) is 0 Å². The second-order valence-corrected chi connectivity index (χ2v) is 8.11. The van der Waals surface area contributed by atoms with Crippen LogP contribution in [-0.4, -0.2) is 44.3 Å². The number of aromatic nitrogens is 3. The van der Waals surface area contributed by atoms with Crippen LogP contribution in [0, 0.1) is 0 Å². The highest BCUT2D eigenvalue weighted by molar-refractivity contribution is 9.10. The number of carbonyl (C=O) groups excluding carboxylic acids is 1. The van der Waals surface area contributed by atoms with Gasteiger partial charge in [0.25, 0.3) is 0 Å². The van der Waals surface area contributed by atoms with E-state index in [1.807, 2.05) is 36.1 Å². The van der Waals surface area contributed by atoms with Crippen molar-refractivity contribution in [2.24, 2.45) is 0 Å². The first-order valence-electron chi connectivity index (χ1n) is 8.28. The van der Waals surface area contributed by atoms with E-state index in [4.69, 9.17) is 0 Å². The number of thioether (sulfide) groups is 1. The fourth-order valence-electron chi connectivity index (χ4n) is 2.83. The summed E-state index contributed by atoms with van der Waals surface area (Å²) in [5.74, 6) is 0.897. The first kappa shape index (κ1) is 17.5. The van der Waals surface area contributed by atoms with Crippen molar-refractivity contribution in [3.8, 4) is 11.4 Å². The maximum Gasteiger partial charge on any atom is 0.235 e. The van der Waals surface area contributed by atoms with Crippen molar-refractivity contribution in [3.63, 3.8) is 0 Å². The topological polar surface area (TPSA) is 61.9 Å². The van der Waals surface area contributed by atoms with Crippen LogP contribution < -0.4 is 0 Å². The Balaban J connectivity index is 1.65. The van der Waals surface area contributed by atoms with E-state index in [-0.39, 0.29) is 11.2 Å². The van der Waals surface area contributed by atoms with E-state index < -0.39 is 0 Å². The highest BCUT2D eigenvalue weighted by atomic mass is 79.9. The first-order valence-corrected chi connectivity index (χ1v) is 9.95. The largest absolute Gasteiger partial charge is 0.342 e. The molecule has 7 heteroatoms. The van der Waals surface area contributed by atoms with E-state index in [2.05, 4.69) is 31.1 Å². The molecule has 0 bridgehead atoms. The standard InChI is InChI=1S/C17H21BrN4OS/c1-12(16(23)22-10-6-2-3-7-11-22)24-17-19-15(20-21-17)13-8-4-5-9-14(13)18/h4-5,8-9,12H,2-3,6-7,10-11H2,1H3,(H,19,20,21)/t12-/m1/s1. The number of hydrogen-bond acceptors (Lipinski definition) is 4. The van der Waals surface area contributed by atoms with Crippen molar-refractivity contribution < 1.29 is 4.79 Å². The number of aromatic amines is 1. The molecule has 128 valence electrons. The average Bonchev–Trinajstić information content (AvgIpc) is 2.87. The molecule has 24 heavy (non-hydrogen) atoms. The van der Waals surface area contributed by atoms with E-state index >= 15 is 0 Å². The summed E-state index contributed by atoms with van der Waals surface area (Å²) < 4.78 is 0.964. The number of carbonyl (C=O) groups is 1. The molecule has 1 N–H and O–H groups in total. The molecule has 0 aliphatic carbocycles. The summed E-state index contributed by atoms with van der Waals surface area (Å²) in [5.41, 5.74) is 0.961. The Morgan fingerprint density at radius 2 is 1.96 bits per heavy atom. The van der Waals surface area contributed by atoms with Crippen LogP contribution in [0.2, 0.25) is 0 Å². The molecule has 2 heterocycles. The molecule has 1 aliphatic heterocycles. The highest BCUT2D eigenvalue weighted by Crippen LogP contribution is 2.28. The van der Waals surface area contributed by atoms with Gasteiger partial charge in [0, 0.05) is 23.1 Å². The molecule has 3 rings (SSSR count). The zero-order valence-electron chi connectivity index (χ0n) is 13.7. The number of H-pyrrole nitrogens is 1. The molecule has 0 radical (unpaired) electrons. The number of nitrogens with one attached hydrogen (secondary N) is 1. The van der Waals surface area contributed by atoms with E-state index in [9.17, 15) is 4.79 Å². The zero-order valence-corrected chi connectivity index (χ0v) is 16.1. The lowest BCUT2D eigenvalue weighted by molar-refractivity contribution is -0.130. The summed E-state index contributed by atoms with van der Waals surface area (Å²) in [6, 6.07) is 7.86. The number of halogens is 1. The van der Waals surface area contributed by atoms with Crippen LogP contribution in [-0.2, 0) is 4.79 Å². The van der Waals surface area contributed by atoms with Gasteiger partial charge in [0.05, 0.1) is 5.25 Å². The molecule has 0 unspecified atom stereocenters. The third kappa shape index (κ3) is 4.19. The lowest BCUT2D eigenvalue weighted by Gasteiger charge is -2.23. The van der Waals surface area contributed by atoms with Crippen molar-refractivity contribution in [1.82, 2.24) is 20.1 Å². The number of rotatable bonds is 4. The molecule has 0 saturated carbocycles. The van der Waals surface area contributed by atoms with E-state index in [0.717, 1.165) is 36.0 Å². The summed E-state index contributed by atoms with van der Waals surface area (Å²) in [6.45, 7) is 3.69. The maximum atomic E-state index is 12.6. The molecule has 1 aliphatic rings. The van der Waals surface area contributed by atoms with Gasteiger partial charge in [-0.25, -0.2) is 4.98 Å². The van der Waals surface area contributed by atoms with Crippen LogP contribution in [0.25, 0.3) is 11.4 Å². The van der Waals surface area contributed by atoms with Gasteiger partial charge in [0.1, 0.15) is 0 Å². The Kier molecular flexibility index (Phi) is 5.94. The van der Waals surface area contributed by atoms with Gasteiger partial charge in [-0.15, -0.1) is 5.10 Å². The molecule has 1 saturated heterocycles. The highest BCUT2D eigenvalue weighted by Gasteiger charge is 2.23. The molecular formula is C17H21BrN4OS. The third-order valence-corrected chi connectivity index (χ3v) is 5.78. The second kappa shape index (κ2) is 8.16. The summed E-state index contributed by atoms with van der Waals surface area (Å²) in [4.78, 5) is 19.1. The number of amides is 1. The Hall–Kier alpha value is -1.34. The quantitative estimate of drug-likeness (QED) is 0.772. The van der Waals surface area contributed by atoms with Gasteiger partial charge in [0.15, 0.2) is 5.82 Å². The zero-order chi connectivity index (χ0) is 16.9. The Labute approximate surface area is 154 Å². The summed E-state index contributed by atoms with van der Waals surface area (Å²) in [5, 5.41) is 7.65. The van der Waals surface area contributed by atoms with Crippen molar-refractivity contribution in [2.75, 3.05) is 13.1 Å². The van der Waals surface area contributed by atoms with Crippen LogP contribution >= 0.6 is 27.7 Å². The molecule has 1 fully saturated rings. The summed E-state index contributed by atoms with van der Waals surface area (Å²) in [6.07, 6.45) is 4.66. The Bertz CT molecular complexity index is 697. The van der Waals surface area contributed by atoms with Crippen molar-refractivity contribution in [1.29, 1.82) is 0 Å². The number of benzene rings is 1. The molecule has 0 spiro atoms. The second-order valence-electron chi connectivity index (χ2n) is 5.95. The lowest BCUT2D eigenvalue weighted by Crippen LogP contribution is -2.37. The minimum atomic E-state index is -0.175. The van der Waals surface area contributed by atoms with Crippen LogP contribution in [0.5, 0.6) is 0 Å². The van der Waals surface area contributed by atoms with Gasteiger partial charge in [-0.1, -0.05) is 58.7 Å². The van der Waals surface area contributed by atoms with E-state index in [1.54, 1.807) is 0 Å². The molecular weight excluding hydrogens is 388 g/mol. The Morgan fingerprint density at radius 3 is 2.67 bits per heavy atom. The van der Waals surface area contributed by atoms with Crippen LogP contribution in [0.4, 0.5) is 0 Å². The molecule has 2 aromatic rings. The maximum absolute atomic E-state index is 12.6. The van der Waals surface area contributed by atoms with Gasteiger partial charge in [0.2, 0.25) is 11.1 Å². The van der Waals surface area contributed by atoms with E-state index in [1.165, 1.54) is 24.6 Å². The molecule has 1 amide bonds. The van der Waals surface area contributed by atoms with Crippen LogP contribution in [0.1, 0.15) is 32.6 Å². The normalized spacial score (nSPS) is 16.7. The minimum absolute atomic E-state index is 0.175. The summed E-state index contributed by atoms with van der Waals surface area (Å²) in [7, 11) is 0. The van der Waals surface area contributed by atoms with Gasteiger partial charge in [-0.05, 0) is 25.8 Å². The number of nitrogens with zero attached hydrogens (tertiary/aromatic N) is 3. The van der Waals surface area contributed by atoms with Crippen LogP contribution in [0.3, 0.4) is 0 Å². The van der Waals surface area contributed by atoms with Gasteiger partial charge < -0.3 is 4.90 Å². The lowest BCUT2D eigenvalue weighted by atomic mass is 10.2. The van der Waals surface area contributed by atoms with Gasteiger partial charge >= 0.3 is 0 Å². The SMILES string of the molecule is C[C@@H](Sc1n[nH]c(-c2ccccc2Br)n1)C(=O)N1CCCCCC1. The van der Waals surface area contributed by atoms with Crippen molar-refractivity contribution >= 4 is 33.6 Å². The van der Waals surface area contributed by atoms with Crippen molar-refractivity contribution in [3.05, 3.63) is 28.7 Å². The third-order valence-electron chi connectivity index (χ3n) is 4.14. The fraction of sp³-hybridized carbons (Fsp3) is 0.471. The van der Waals surface area contributed by atoms with E-state index in [0.29, 0.717) is 11.0 Å². The average molecular weight is 409 g/mol. The molecule has 1 aromatic carbocycles. The van der Waals surface area contributed by atoms with Crippen LogP contribution in [0.15, 0.2) is 33.9 Å². The minimum Gasteiger partial charge on any atom is -0.342 e. The Morgan fingerprint density at radius 1 is 1.25 bits per heavy atom. The summed E-state index contributed by atoms with van der Waals surface area (Å²) >= 11 is 4.93.